The predicted molar refractivity (Wildman–Crippen MR) is 112 cm³/mol. The number of benzene rings is 3. The fourth-order valence-electron chi connectivity index (χ4n) is 3.36. The molecule has 3 aromatic carbocycles. The first kappa shape index (κ1) is 18.5. The van der Waals surface area contributed by atoms with E-state index in [9.17, 15) is 9.59 Å². The van der Waals surface area contributed by atoms with Gasteiger partial charge in [0, 0.05) is 16.5 Å². The number of hydrogen-bond donors (Lipinski definition) is 1. The highest BCUT2D eigenvalue weighted by atomic mass is 16.5. The number of fused-ring (bicyclic) bond motifs is 2. The van der Waals surface area contributed by atoms with Crippen LogP contribution in [-0.4, -0.2) is 29.9 Å². The molecule has 7 heteroatoms. The summed E-state index contributed by atoms with van der Waals surface area (Å²) in [5, 5.41) is 9.86. The summed E-state index contributed by atoms with van der Waals surface area (Å²) >= 11 is 0. The first-order valence-corrected chi connectivity index (χ1v) is 9.01. The van der Waals surface area contributed by atoms with Crippen molar-refractivity contribution in [3.05, 3.63) is 71.1 Å². The lowest BCUT2D eigenvalue weighted by molar-refractivity contribution is -0.117. The zero-order chi connectivity index (χ0) is 20.4. The third-order valence-electron chi connectivity index (χ3n) is 4.72. The Morgan fingerprint density at radius 3 is 2.59 bits per heavy atom. The van der Waals surface area contributed by atoms with Gasteiger partial charge < -0.3 is 14.8 Å². The van der Waals surface area contributed by atoms with E-state index in [1.54, 1.807) is 12.1 Å². The highest BCUT2D eigenvalue weighted by molar-refractivity contribution is 6.02. The van der Waals surface area contributed by atoms with E-state index >= 15 is 0 Å². The van der Waals surface area contributed by atoms with E-state index in [2.05, 4.69) is 10.4 Å². The molecule has 0 bridgehead atoms. The SMILES string of the molecule is COc1ccc2cnn(CC(=O)Nc3cccc4ccccc34)c(=O)c2c1OC. The number of amides is 1. The van der Waals surface area contributed by atoms with E-state index in [-0.39, 0.29) is 12.5 Å². The van der Waals surface area contributed by atoms with Crippen LogP contribution in [-0.2, 0) is 11.3 Å². The highest BCUT2D eigenvalue weighted by Crippen LogP contribution is 2.32. The number of methoxy groups -OCH3 is 2. The zero-order valence-corrected chi connectivity index (χ0v) is 16.0. The van der Waals surface area contributed by atoms with Crippen molar-refractivity contribution >= 4 is 33.1 Å². The van der Waals surface area contributed by atoms with Crippen molar-refractivity contribution in [1.82, 2.24) is 9.78 Å². The molecular formula is C22H19N3O4. The van der Waals surface area contributed by atoms with Crippen LogP contribution in [0.1, 0.15) is 0 Å². The molecule has 0 saturated carbocycles. The summed E-state index contributed by atoms with van der Waals surface area (Å²) < 4.78 is 11.8. The molecule has 4 aromatic rings. The summed E-state index contributed by atoms with van der Waals surface area (Å²) in [6, 6.07) is 16.9. The van der Waals surface area contributed by atoms with Crippen LogP contribution in [0.2, 0.25) is 0 Å². The molecule has 1 heterocycles. The maximum absolute atomic E-state index is 13.0. The summed E-state index contributed by atoms with van der Waals surface area (Å²) in [7, 11) is 2.97. The lowest BCUT2D eigenvalue weighted by Crippen LogP contribution is -2.29. The van der Waals surface area contributed by atoms with Crippen LogP contribution < -0.4 is 20.3 Å². The number of hydrogen-bond acceptors (Lipinski definition) is 5. The molecule has 0 fully saturated rings. The van der Waals surface area contributed by atoms with Crippen LogP contribution in [0.5, 0.6) is 11.5 Å². The summed E-state index contributed by atoms with van der Waals surface area (Å²) in [5.74, 6) is 0.410. The zero-order valence-electron chi connectivity index (χ0n) is 16.0. The van der Waals surface area contributed by atoms with Gasteiger partial charge in [0.05, 0.1) is 25.8 Å². The van der Waals surface area contributed by atoms with E-state index in [1.807, 2.05) is 42.5 Å². The number of rotatable bonds is 5. The molecule has 0 aliphatic rings. The van der Waals surface area contributed by atoms with Gasteiger partial charge in [0.15, 0.2) is 11.5 Å². The third-order valence-corrected chi connectivity index (χ3v) is 4.72. The Labute approximate surface area is 166 Å². The largest absolute Gasteiger partial charge is 0.493 e. The van der Waals surface area contributed by atoms with Gasteiger partial charge in [-0.05, 0) is 23.6 Å². The average molecular weight is 389 g/mol. The number of anilines is 1. The maximum Gasteiger partial charge on any atom is 0.279 e. The summed E-state index contributed by atoms with van der Waals surface area (Å²) in [4.78, 5) is 25.6. The Morgan fingerprint density at radius 2 is 1.79 bits per heavy atom. The second kappa shape index (κ2) is 7.63. The molecule has 29 heavy (non-hydrogen) atoms. The number of carbonyl (C=O) groups excluding carboxylic acids is 1. The van der Waals surface area contributed by atoms with Gasteiger partial charge in [-0.2, -0.15) is 5.10 Å². The highest BCUT2D eigenvalue weighted by Gasteiger charge is 2.16. The van der Waals surface area contributed by atoms with Crippen molar-refractivity contribution in [1.29, 1.82) is 0 Å². The molecule has 1 N–H and O–H groups in total. The first-order valence-electron chi connectivity index (χ1n) is 9.01. The van der Waals surface area contributed by atoms with Crippen LogP contribution in [0.3, 0.4) is 0 Å². The van der Waals surface area contributed by atoms with Crippen LogP contribution in [0, 0.1) is 0 Å². The van der Waals surface area contributed by atoms with E-state index in [1.165, 1.54) is 20.4 Å². The fourth-order valence-corrected chi connectivity index (χ4v) is 3.36. The minimum absolute atomic E-state index is 0.224. The summed E-state index contributed by atoms with van der Waals surface area (Å²) in [6.07, 6.45) is 1.53. The topological polar surface area (TPSA) is 82.5 Å². The first-order chi connectivity index (χ1) is 14.1. The van der Waals surface area contributed by atoms with E-state index in [0.717, 1.165) is 15.5 Å². The molecular weight excluding hydrogens is 370 g/mol. The number of ether oxygens (including phenoxy) is 2. The van der Waals surface area contributed by atoms with Crippen molar-refractivity contribution in [2.24, 2.45) is 0 Å². The van der Waals surface area contributed by atoms with Gasteiger partial charge in [0.1, 0.15) is 6.54 Å². The molecule has 0 spiro atoms. The van der Waals surface area contributed by atoms with Crippen molar-refractivity contribution in [3.63, 3.8) is 0 Å². The molecule has 0 unspecified atom stereocenters. The number of nitrogens with zero attached hydrogens (tertiary/aromatic N) is 2. The minimum Gasteiger partial charge on any atom is -0.493 e. The van der Waals surface area contributed by atoms with Crippen molar-refractivity contribution in [2.45, 2.75) is 6.54 Å². The van der Waals surface area contributed by atoms with Crippen LogP contribution in [0.4, 0.5) is 5.69 Å². The molecule has 1 aromatic heterocycles. The number of nitrogens with one attached hydrogen (secondary N) is 1. The molecule has 0 aliphatic carbocycles. The van der Waals surface area contributed by atoms with Gasteiger partial charge in [0.25, 0.3) is 5.56 Å². The molecule has 1 amide bonds. The molecule has 0 saturated heterocycles. The average Bonchev–Trinajstić information content (AvgIpc) is 2.75. The smallest absolute Gasteiger partial charge is 0.279 e. The monoisotopic (exact) mass is 389 g/mol. The molecule has 4 rings (SSSR count). The third kappa shape index (κ3) is 3.38. The molecule has 0 radical (unpaired) electrons. The lowest BCUT2D eigenvalue weighted by atomic mass is 10.1. The molecule has 0 aliphatic heterocycles. The van der Waals surface area contributed by atoms with Gasteiger partial charge in [-0.15, -0.1) is 0 Å². The molecule has 146 valence electrons. The predicted octanol–water partition coefficient (Wildman–Crippen LogP) is 3.21. The van der Waals surface area contributed by atoms with Crippen LogP contribution in [0.25, 0.3) is 21.5 Å². The Bertz CT molecular complexity index is 1280. The van der Waals surface area contributed by atoms with Crippen LogP contribution in [0.15, 0.2) is 65.6 Å². The fraction of sp³-hybridized carbons (Fsp3) is 0.136. The minimum atomic E-state index is -0.425. The number of aromatic nitrogens is 2. The van der Waals surface area contributed by atoms with Gasteiger partial charge in [-0.25, -0.2) is 4.68 Å². The second-order valence-corrected chi connectivity index (χ2v) is 6.45. The van der Waals surface area contributed by atoms with E-state index in [0.29, 0.717) is 28.0 Å². The van der Waals surface area contributed by atoms with Crippen molar-refractivity contribution in [3.8, 4) is 11.5 Å². The standard InChI is InChI=1S/C22H19N3O4/c1-28-18-11-10-15-12-23-25(22(27)20(15)21(18)29-2)13-19(26)24-17-9-5-7-14-6-3-4-8-16(14)17/h3-12H,13H2,1-2H3,(H,24,26). The normalized spacial score (nSPS) is 10.8. The molecule has 7 nitrogen and oxygen atoms in total. The van der Waals surface area contributed by atoms with Crippen molar-refractivity contribution in [2.75, 3.05) is 19.5 Å². The summed E-state index contributed by atoms with van der Waals surface area (Å²) in [6.45, 7) is -0.224. The van der Waals surface area contributed by atoms with Crippen molar-refractivity contribution < 1.29 is 14.3 Å². The molecule has 0 atom stereocenters. The Morgan fingerprint density at radius 1 is 1.00 bits per heavy atom. The van der Waals surface area contributed by atoms with E-state index in [4.69, 9.17) is 9.47 Å². The Balaban J connectivity index is 1.68. The lowest BCUT2D eigenvalue weighted by Gasteiger charge is -2.12. The van der Waals surface area contributed by atoms with Gasteiger partial charge in [0.2, 0.25) is 5.91 Å². The quantitative estimate of drug-likeness (QED) is 0.567. The number of carbonyl (C=O) groups is 1. The van der Waals surface area contributed by atoms with Gasteiger partial charge in [-0.1, -0.05) is 36.4 Å². The second-order valence-electron chi connectivity index (χ2n) is 6.45. The maximum atomic E-state index is 13.0. The van der Waals surface area contributed by atoms with Crippen LogP contribution >= 0.6 is 0 Å². The van der Waals surface area contributed by atoms with E-state index < -0.39 is 5.56 Å². The summed E-state index contributed by atoms with van der Waals surface area (Å²) in [5.41, 5.74) is 0.257. The van der Waals surface area contributed by atoms with Gasteiger partial charge in [-0.3, -0.25) is 9.59 Å². The Hall–Kier alpha value is -3.87. The Kier molecular flexibility index (Phi) is 4.87. The van der Waals surface area contributed by atoms with Gasteiger partial charge >= 0.3 is 0 Å².